The maximum Gasteiger partial charge on any atom is 0.433 e. The van der Waals surface area contributed by atoms with Crippen LogP contribution in [-0.4, -0.2) is 33.8 Å². The first-order valence-corrected chi connectivity index (χ1v) is 8.01. The van der Waals surface area contributed by atoms with Crippen LogP contribution < -0.4 is 0 Å². The van der Waals surface area contributed by atoms with Gasteiger partial charge >= 0.3 is 5.88 Å². The van der Waals surface area contributed by atoms with Crippen LogP contribution in [0, 0.1) is 10.1 Å². The predicted molar refractivity (Wildman–Crippen MR) is 87.2 cm³/mol. The lowest BCUT2D eigenvalue weighted by atomic mass is 9.98. The van der Waals surface area contributed by atoms with E-state index in [0.717, 1.165) is 23.9 Å². The van der Waals surface area contributed by atoms with E-state index in [0.29, 0.717) is 19.0 Å². The molecular weight excluding hydrogens is 326 g/mol. The number of oxazole rings is 1. The van der Waals surface area contributed by atoms with E-state index in [2.05, 4.69) is 4.98 Å². The van der Waals surface area contributed by atoms with Crippen molar-refractivity contribution in [3.05, 3.63) is 58.2 Å². The van der Waals surface area contributed by atoms with Crippen LogP contribution in [0.25, 0.3) is 11.1 Å². The second kappa shape index (κ2) is 6.04. The van der Waals surface area contributed by atoms with Gasteiger partial charge in [0.2, 0.25) is 0 Å². The number of nitro groups is 1. The third-order valence-corrected chi connectivity index (χ3v) is 4.35. The molecule has 0 saturated carbocycles. The molecule has 1 aliphatic heterocycles. The number of carbonyl (C=O) groups is 1. The highest BCUT2D eigenvalue weighted by molar-refractivity contribution is 5.91. The number of furan rings is 1. The molecule has 0 radical (unpaired) electrons. The number of aromatic nitrogens is 1. The number of fused-ring (bicyclic) bond motifs is 1. The first kappa shape index (κ1) is 15.4. The summed E-state index contributed by atoms with van der Waals surface area (Å²) in [6.45, 7) is 1.02. The summed E-state index contributed by atoms with van der Waals surface area (Å²) in [6.07, 6.45) is 1.67. The van der Waals surface area contributed by atoms with Crippen LogP contribution in [0.3, 0.4) is 0 Å². The monoisotopic (exact) mass is 341 g/mol. The fraction of sp³-hybridized carbons (Fsp3) is 0.294. The number of piperidine rings is 1. The van der Waals surface area contributed by atoms with Gasteiger partial charge < -0.3 is 13.7 Å². The Labute approximate surface area is 142 Å². The molecule has 1 atom stereocenters. The summed E-state index contributed by atoms with van der Waals surface area (Å²) < 4.78 is 10.8. The van der Waals surface area contributed by atoms with E-state index in [9.17, 15) is 14.9 Å². The molecule has 1 unspecified atom stereocenters. The molecule has 0 aliphatic carbocycles. The maximum absolute atomic E-state index is 12.5. The molecule has 1 aliphatic rings. The molecular formula is C17H15N3O5. The van der Waals surface area contributed by atoms with E-state index < -0.39 is 10.8 Å². The van der Waals surface area contributed by atoms with Crippen molar-refractivity contribution in [2.24, 2.45) is 0 Å². The Hall–Kier alpha value is -3.16. The zero-order valence-corrected chi connectivity index (χ0v) is 13.3. The van der Waals surface area contributed by atoms with Crippen LogP contribution >= 0.6 is 0 Å². The fourth-order valence-corrected chi connectivity index (χ4v) is 3.12. The average molecular weight is 341 g/mol. The second-order valence-corrected chi connectivity index (χ2v) is 6.01. The molecule has 0 spiro atoms. The minimum Gasteiger partial charge on any atom is -0.440 e. The van der Waals surface area contributed by atoms with E-state index in [1.165, 1.54) is 12.1 Å². The number of amides is 1. The summed E-state index contributed by atoms with van der Waals surface area (Å²) in [7, 11) is 0. The van der Waals surface area contributed by atoms with Crippen LogP contribution in [-0.2, 0) is 0 Å². The SMILES string of the molecule is O=C(c1ccc([N+](=O)[O-])o1)N1CCCC(c2nc3ccccc3o2)C1. The van der Waals surface area contributed by atoms with Gasteiger partial charge in [0.25, 0.3) is 5.91 Å². The van der Waals surface area contributed by atoms with Gasteiger partial charge in [-0.3, -0.25) is 14.9 Å². The number of carbonyl (C=O) groups excluding carboxylic acids is 1. The molecule has 1 fully saturated rings. The van der Waals surface area contributed by atoms with Gasteiger partial charge in [-0.2, -0.15) is 0 Å². The van der Waals surface area contributed by atoms with E-state index in [1.807, 2.05) is 24.3 Å². The number of rotatable bonds is 3. The highest BCUT2D eigenvalue weighted by Gasteiger charge is 2.30. The molecule has 25 heavy (non-hydrogen) atoms. The molecule has 1 saturated heterocycles. The van der Waals surface area contributed by atoms with Gasteiger partial charge in [-0.25, -0.2) is 4.98 Å². The van der Waals surface area contributed by atoms with E-state index in [4.69, 9.17) is 8.83 Å². The number of hydrogen-bond donors (Lipinski definition) is 0. The first-order chi connectivity index (χ1) is 12.1. The Morgan fingerprint density at radius 2 is 2.08 bits per heavy atom. The van der Waals surface area contributed by atoms with E-state index in [-0.39, 0.29) is 17.6 Å². The highest BCUT2D eigenvalue weighted by Crippen LogP contribution is 2.30. The third-order valence-electron chi connectivity index (χ3n) is 4.35. The zero-order valence-electron chi connectivity index (χ0n) is 13.3. The normalized spacial score (nSPS) is 17.8. The Bertz CT molecular complexity index is 912. The summed E-state index contributed by atoms with van der Waals surface area (Å²) in [4.78, 5) is 28.7. The summed E-state index contributed by atoms with van der Waals surface area (Å²) >= 11 is 0. The van der Waals surface area contributed by atoms with Gasteiger partial charge in [0.05, 0.1) is 12.0 Å². The lowest BCUT2D eigenvalue weighted by Crippen LogP contribution is -2.39. The minimum atomic E-state index is -0.659. The molecule has 1 amide bonds. The van der Waals surface area contributed by atoms with Gasteiger partial charge in [0, 0.05) is 13.1 Å². The molecule has 128 valence electrons. The third kappa shape index (κ3) is 2.86. The van der Waals surface area contributed by atoms with Crippen molar-refractivity contribution in [2.45, 2.75) is 18.8 Å². The predicted octanol–water partition coefficient (Wildman–Crippen LogP) is 3.35. The number of likely N-dealkylation sites (tertiary alicyclic amines) is 1. The number of benzene rings is 1. The average Bonchev–Trinajstić information content (AvgIpc) is 3.28. The number of para-hydroxylation sites is 2. The number of hydrogen-bond acceptors (Lipinski definition) is 6. The summed E-state index contributed by atoms with van der Waals surface area (Å²) in [5.41, 5.74) is 1.52. The molecule has 1 aromatic carbocycles. The van der Waals surface area contributed by atoms with Crippen molar-refractivity contribution >= 4 is 22.9 Å². The topological polar surface area (TPSA) is 103 Å². The summed E-state index contributed by atoms with van der Waals surface area (Å²) in [5.74, 6) is -0.200. The molecule has 2 aromatic heterocycles. The van der Waals surface area contributed by atoms with Crippen LogP contribution in [0.5, 0.6) is 0 Å². The van der Waals surface area contributed by atoms with Gasteiger partial charge in [-0.15, -0.1) is 0 Å². The molecule has 8 nitrogen and oxygen atoms in total. The lowest BCUT2D eigenvalue weighted by Gasteiger charge is -2.30. The van der Waals surface area contributed by atoms with Crippen molar-refractivity contribution in [3.63, 3.8) is 0 Å². The molecule has 3 heterocycles. The Morgan fingerprint density at radius 3 is 2.84 bits per heavy atom. The van der Waals surface area contributed by atoms with E-state index >= 15 is 0 Å². The van der Waals surface area contributed by atoms with Gasteiger partial charge in [0.1, 0.15) is 10.4 Å². The maximum atomic E-state index is 12.5. The Balaban J connectivity index is 1.53. The molecule has 0 bridgehead atoms. The van der Waals surface area contributed by atoms with Crippen molar-refractivity contribution in [1.82, 2.24) is 9.88 Å². The first-order valence-electron chi connectivity index (χ1n) is 8.01. The van der Waals surface area contributed by atoms with Gasteiger partial charge in [0.15, 0.2) is 17.2 Å². The lowest BCUT2D eigenvalue weighted by molar-refractivity contribution is -0.402. The van der Waals surface area contributed by atoms with Crippen molar-refractivity contribution in [3.8, 4) is 0 Å². The highest BCUT2D eigenvalue weighted by atomic mass is 16.6. The number of nitrogens with zero attached hydrogens (tertiary/aromatic N) is 3. The Morgan fingerprint density at radius 1 is 1.24 bits per heavy atom. The largest absolute Gasteiger partial charge is 0.440 e. The molecule has 0 N–H and O–H groups in total. The van der Waals surface area contributed by atoms with Crippen LogP contribution in [0.4, 0.5) is 5.88 Å². The van der Waals surface area contributed by atoms with Crippen molar-refractivity contribution in [1.29, 1.82) is 0 Å². The van der Waals surface area contributed by atoms with Crippen LogP contribution in [0.2, 0.25) is 0 Å². The van der Waals surface area contributed by atoms with Crippen LogP contribution in [0.1, 0.15) is 35.2 Å². The van der Waals surface area contributed by atoms with Gasteiger partial charge in [-0.05, 0) is 31.0 Å². The minimum absolute atomic E-state index is 0.00459. The fourth-order valence-electron chi connectivity index (χ4n) is 3.12. The van der Waals surface area contributed by atoms with Crippen LogP contribution in [0.15, 0.2) is 45.2 Å². The van der Waals surface area contributed by atoms with Crippen molar-refractivity contribution < 1.29 is 18.6 Å². The zero-order chi connectivity index (χ0) is 17.4. The second-order valence-electron chi connectivity index (χ2n) is 6.01. The quantitative estimate of drug-likeness (QED) is 0.534. The van der Waals surface area contributed by atoms with Crippen molar-refractivity contribution in [2.75, 3.05) is 13.1 Å². The van der Waals surface area contributed by atoms with Gasteiger partial charge in [-0.1, -0.05) is 12.1 Å². The standard InChI is InChI=1S/C17H15N3O5/c21-17(14-7-8-15(24-14)20(22)23)19-9-3-4-11(10-19)16-18-12-5-1-2-6-13(12)25-16/h1-2,5-8,11H,3-4,9-10H2. The Kier molecular flexibility index (Phi) is 3.72. The summed E-state index contributed by atoms with van der Waals surface area (Å²) in [5, 5.41) is 10.7. The van der Waals surface area contributed by atoms with E-state index in [1.54, 1.807) is 4.90 Å². The smallest absolute Gasteiger partial charge is 0.433 e. The molecule has 3 aromatic rings. The molecule has 8 heteroatoms. The summed E-state index contributed by atoms with van der Waals surface area (Å²) in [6, 6.07) is 10.1. The molecule has 4 rings (SSSR count).